The van der Waals surface area contributed by atoms with Crippen molar-refractivity contribution in [3.8, 4) is 11.5 Å². The molecule has 0 saturated heterocycles. The molecule has 0 amide bonds. The van der Waals surface area contributed by atoms with Crippen LogP contribution in [0.25, 0.3) is 0 Å². The van der Waals surface area contributed by atoms with Crippen LogP contribution in [0, 0.1) is 29.1 Å². The van der Waals surface area contributed by atoms with Crippen LogP contribution in [0.1, 0.15) is 56.2 Å². The summed E-state index contributed by atoms with van der Waals surface area (Å²) in [7, 11) is 0. The molecule has 1 aliphatic carbocycles. The van der Waals surface area contributed by atoms with E-state index in [1.807, 2.05) is 26.8 Å². The molecule has 2 aromatic carbocycles. The van der Waals surface area contributed by atoms with Crippen molar-refractivity contribution in [1.29, 1.82) is 0 Å². The molecule has 1 saturated carbocycles. The molecule has 1 fully saturated rings. The van der Waals surface area contributed by atoms with Crippen molar-refractivity contribution in [2.45, 2.75) is 50.3 Å². The molecule has 0 radical (unpaired) electrons. The SMILES string of the molecule is CC(C)(C)c1cc(CBr)c(C2CC2)c(Oc2c(F)c(F)c(F)c(F)c2F)c1. The predicted octanol–water partition coefficient (Wildman–Crippen LogP) is 7.24. The summed E-state index contributed by atoms with van der Waals surface area (Å²) < 4.78 is 73.9. The molecule has 3 rings (SSSR count). The monoisotopic (exact) mass is 448 g/mol. The van der Waals surface area contributed by atoms with Crippen molar-refractivity contribution in [1.82, 2.24) is 0 Å². The third-order valence-electron chi connectivity index (χ3n) is 4.60. The van der Waals surface area contributed by atoms with E-state index in [2.05, 4.69) is 15.9 Å². The molecule has 146 valence electrons. The van der Waals surface area contributed by atoms with E-state index >= 15 is 0 Å². The zero-order valence-corrected chi connectivity index (χ0v) is 16.6. The van der Waals surface area contributed by atoms with E-state index in [1.54, 1.807) is 6.07 Å². The van der Waals surface area contributed by atoms with Gasteiger partial charge in [0, 0.05) is 10.9 Å². The van der Waals surface area contributed by atoms with Crippen molar-refractivity contribution < 1.29 is 26.7 Å². The third-order valence-corrected chi connectivity index (χ3v) is 5.21. The van der Waals surface area contributed by atoms with E-state index in [1.165, 1.54) is 0 Å². The lowest BCUT2D eigenvalue weighted by atomic mass is 9.84. The fourth-order valence-corrected chi connectivity index (χ4v) is 3.40. The summed E-state index contributed by atoms with van der Waals surface area (Å²) in [5.41, 5.74) is 2.15. The number of hydrogen-bond acceptors (Lipinski definition) is 1. The Morgan fingerprint density at radius 2 is 1.44 bits per heavy atom. The van der Waals surface area contributed by atoms with Crippen LogP contribution in [0.5, 0.6) is 11.5 Å². The molecule has 0 unspecified atom stereocenters. The number of rotatable bonds is 4. The summed E-state index contributed by atoms with van der Waals surface area (Å²) in [4.78, 5) is 0. The van der Waals surface area contributed by atoms with Gasteiger partial charge in [-0.15, -0.1) is 0 Å². The first kappa shape index (κ1) is 20.1. The van der Waals surface area contributed by atoms with Gasteiger partial charge in [0.15, 0.2) is 0 Å². The topological polar surface area (TPSA) is 9.23 Å². The number of ether oxygens (including phenoxy) is 1. The van der Waals surface area contributed by atoms with E-state index < -0.39 is 34.8 Å². The lowest BCUT2D eigenvalue weighted by Crippen LogP contribution is -2.13. The molecule has 0 heterocycles. The molecular weight excluding hydrogens is 431 g/mol. The summed E-state index contributed by atoms with van der Waals surface area (Å²) in [5, 5.41) is 0.482. The molecule has 0 aromatic heterocycles. The Hall–Kier alpha value is -1.63. The Morgan fingerprint density at radius 3 is 1.89 bits per heavy atom. The van der Waals surface area contributed by atoms with Gasteiger partial charge in [0.25, 0.3) is 0 Å². The first-order valence-electron chi connectivity index (χ1n) is 8.48. The van der Waals surface area contributed by atoms with Gasteiger partial charge < -0.3 is 4.74 Å². The molecule has 2 aromatic rings. The highest BCUT2D eigenvalue weighted by Crippen LogP contribution is 2.49. The van der Waals surface area contributed by atoms with Gasteiger partial charge in [-0.25, -0.2) is 13.2 Å². The van der Waals surface area contributed by atoms with Crippen molar-refractivity contribution in [3.05, 3.63) is 57.9 Å². The molecular formula is C20H18BrF5O. The fraction of sp³-hybridized carbons (Fsp3) is 0.400. The maximum atomic E-state index is 14.1. The van der Waals surface area contributed by atoms with Gasteiger partial charge in [-0.2, -0.15) is 8.78 Å². The van der Waals surface area contributed by atoms with Crippen LogP contribution in [0.15, 0.2) is 12.1 Å². The number of hydrogen-bond donors (Lipinski definition) is 0. The lowest BCUT2D eigenvalue weighted by molar-refractivity contribution is 0.330. The molecule has 0 N–H and O–H groups in total. The summed E-state index contributed by atoms with van der Waals surface area (Å²) in [6.07, 6.45) is 1.75. The second kappa shape index (κ2) is 7.08. The van der Waals surface area contributed by atoms with Crippen LogP contribution in [-0.2, 0) is 10.7 Å². The van der Waals surface area contributed by atoms with Crippen molar-refractivity contribution >= 4 is 15.9 Å². The Morgan fingerprint density at radius 1 is 0.926 bits per heavy atom. The first-order chi connectivity index (χ1) is 12.6. The zero-order chi connectivity index (χ0) is 20.1. The average molecular weight is 449 g/mol. The molecule has 1 nitrogen and oxygen atoms in total. The van der Waals surface area contributed by atoms with Gasteiger partial charge in [-0.3, -0.25) is 0 Å². The Balaban J connectivity index is 2.20. The average Bonchev–Trinajstić information content (AvgIpc) is 3.45. The molecule has 27 heavy (non-hydrogen) atoms. The van der Waals surface area contributed by atoms with Crippen LogP contribution < -0.4 is 4.74 Å². The van der Waals surface area contributed by atoms with Crippen LogP contribution in [0.4, 0.5) is 22.0 Å². The van der Waals surface area contributed by atoms with Gasteiger partial charge >= 0.3 is 0 Å². The Labute approximate surface area is 162 Å². The fourth-order valence-electron chi connectivity index (χ4n) is 2.93. The summed E-state index contributed by atoms with van der Waals surface area (Å²) in [5.74, 6) is -11.2. The number of halogens is 6. The molecule has 0 atom stereocenters. The molecule has 0 aliphatic heterocycles. The minimum absolute atomic E-state index is 0.127. The van der Waals surface area contributed by atoms with Gasteiger partial charge in [0.2, 0.25) is 34.8 Å². The third kappa shape index (κ3) is 3.71. The van der Waals surface area contributed by atoms with Crippen molar-refractivity contribution in [3.63, 3.8) is 0 Å². The van der Waals surface area contributed by atoms with Crippen LogP contribution in [0.2, 0.25) is 0 Å². The molecule has 7 heteroatoms. The Kier molecular flexibility index (Phi) is 5.27. The predicted molar refractivity (Wildman–Crippen MR) is 96.1 cm³/mol. The normalized spacial score (nSPS) is 14.6. The highest BCUT2D eigenvalue weighted by Gasteiger charge is 2.33. The van der Waals surface area contributed by atoms with E-state index in [0.29, 0.717) is 5.33 Å². The standard InChI is InChI=1S/C20H18BrF5O/c1-20(2,3)11-6-10(8-21)13(9-4-5-9)12(7-11)27-19-17(25)15(23)14(22)16(24)18(19)26/h6-7,9H,4-5,8H2,1-3H3. The maximum Gasteiger partial charge on any atom is 0.207 e. The van der Waals surface area contributed by atoms with Gasteiger partial charge in [-0.05, 0) is 41.4 Å². The van der Waals surface area contributed by atoms with Crippen LogP contribution in [-0.4, -0.2) is 0 Å². The smallest absolute Gasteiger partial charge is 0.207 e. The van der Waals surface area contributed by atoms with Crippen molar-refractivity contribution in [2.75, 3.05) is 0 Å². The maximum absolute atomic E-state index is 14.1. The number of benzene rings is 2. The zero-order valence-electron chi connectivity index (χ0n) is 15.0. The first-order valence-corrected chi connectivity index (χ1v) is 9.61. The minimum Gasteiger partial charge on any atom is -0.451 e. The summed E-state index contributed by atoms with van der Waals surface area (Å²) in [6, 6.07) is 3.60. The highest BCUT2D eigenvalue weighted by molar-refractivity contribution is 9.08. The molecule has 0 bridgehead atoms. The largest absolute Gasteiger partial charge is 0.451 e. The Bertz CT molecular complexity index is 871. The van der Waals surface area contributed by atoms with Crippen LogP contribution >= 0.6 is 15.9 Å². The van der Waals surface area contributed by atoms with Gasteiger partial charge in [0.05, 0.1) is 0 Å². The summed E-state index contributed by atoms with van der Waals surface area (Å²) in [6.45, 7) is 5.87. The molecule has 1 aliphatic rings. The van der Waals surface area contributed by atoms with E-state index in [-0.39, 0.29) is 17.1 Å². The highest BCUT2D eigenvalue weighted by atomic mass is 79.9. The van der Waals surface area contributed by atoms with E-state index in [9.17, 15) is 22.0 Å². The minimum atomic E-state index is -2.20. The second-order valence-electron chi connectivity index (χ2n) is 7.71. The van der Waals surface area contributed by atoms with Gasteiger partial charge in [0.1, 0.15) is 5.75 Å². The number of alkyl halides is 1. The van der Waals surface area contributed by atoms with E-state index in [0.717, 1.165) is 29.5 Å². The second-order valence-corrected chi connectivity index (χ2v) is 8.27. The van der Waals surface area contributed by atoms with Gasteiger partial charge in [-0.1, -0.05) is 42.8 Å². The lowest BCUT2D eigenvalue weighted by Gasteiger charge is -2.24. The quantitative estimate of drug-likeness (QED) is 0.207. The van der Waals surface area contributed by atoms with E-state index in [4.69, 9.17) is 4.74 Å². The van der Waals surface area contributed by atoms with Crippen LogP contribution in [0.3, 0.4) is 0 Å². The summed E-state index contributed by atoms with van der Waals surface area (Å²) >= 11 is 3.41. The molecule has 0 spiro atoms. The van der Waals surface area contributed by atoms with Crippen molar-refractivity contribution in [2.24, 2.45) is 0 Å².